The van der Waals surface area contributed by atoms with Gasteiger partial charge in [0.15, 0.2) is 0 Å². The lowest BCUT2D eigenvalue weighted by atomic mass is 10.2. The van der Waals surface area contributed by atoms with Crippen LogP contribution in [0.15, 0.2) is 0 Å². The lowest BCUT2D eigenvalue weighted by Crippen LogP contribution is -2.21. The summed E-state index contributed by atoms with van der Waals surface area (Å²) in [4.78, 5) is 0. The zero-order valence-electron chi connectivity index (χ0n) is 11.1. The van der Waals surface area contributed by atoms with Gasteiger partial charge in [0, 0.05) is 20.6 Å². The number of hydrogen-bond donors (Lipinski definition) is 1. The molecule has 0 aliphatic heterocycles. The molecule has 0 fully saturated rings. The van der Waals surface area contributed by atoms with E-state index < -0.39 is 6.10 Å². The van der Waals surface area contributed by atoms with Crippen LogP contribution in [-0.2, 0) is 29.4 Å². The maximum Gasteiger partial charge on any atom is 0.0850 e. The van der Waals surface area contributed by atoms with Gasteiger partial charge in [0.25, 0.3) is 0 Å². The van der Waals surface area contributed by atoms with E-state index in [0.29, 0.717) is 24.7 Å². The first-order valence-corrected chi connectivity index (χ1v) is 6.42. The molecule has 104 valence electrons. The van der Waals surface area contributed by atoms with Crippen molar-refractivity contribution in [1.82, 2.24) is 9.78 Å². The Morgan fingerprint density at radius 3 is 2.72 bits per heavy atom. The molecule has 0 amide bonds. The zero-order chi connectivity index (χ0) is 13.5. The Balaban J connectivity index is 2.48. The molecular weight excluding hydrogens is 256 g/mol. The van der Waals surface area contributed by atoms with Crippen molar-refractivity contribution in [2.24, 2.45) is 7.05 Å². The van der Waals surface area contributed by atoms with Gasteiger partial charge in [-0.2, -0.15) is 5.10 Å². The van der Waals surface area contributed by atoms with E-state index in [9.17, 15) is 5.11 Å². The minimum atomic E-state index is -0.584. The second-order valence-corrected chi connectivity index (χ2v) is 4.49. The molecule has 1 rings (SSSR count). The van der Waals surface area contributed by atoms with E-state index in [-0.39, 0.29) is 6.61 Å². The van der Waals surface area contributed by atoms with Crippen molar-refractivity contribution < 1.29 is 14.6 Å². The van der Waals surface area contributed by atoms with E-state index in [4.69, 9.17) is 21.1 Å². The number of nitrogens with zero attached hydrogens (tertiary/aromatic N) is 2. The normalized spacial score (nSPS) is 12.9. The maximum atomic E-state index is 9.87. The first-order chi connectivity index (χ1) is 8.60. The van der Waals surface area contributed by atoms with Gasteiger partial charge in [-0.15, -0.1) is 0 Å². The molecule has 0 aliphatic rings. The topological polar surface area (TPSA) is 56.5 Å². The summed E-state index contributed by atoms with van der Waals surface area (Å²) >= 11 is 6.20. The molecule has 5 nitrogen and oxygen atoms in total. The Morgan fingerprint density at radius 2 is 2.17 bits per heavy atom. The predicted octanol–water partition coefficient (Wildman–Crippen LogP) is 1.20. The van der Waals surface area contributed by atoms with Crippen molar-refractivity contribution in [3.05, 3.63) is 16.4 Å². The number of aliphatic hydroxyl groups is 1. The lowest BCUT2D eigenvalue weighted by molar-refractivity contribution is 0.0131. The van der Waals surface area contributed by atoms with Crippen molar-refractivity contribution in [2.75, 3.05) is 26.9 Å². The van der Waals surface area contributed by atoms with Crippen molar-refractivity contribution in [3.63, 3.8) is 0 Å². The molecule has 1 aromatic rings. The van der Waals surface area contributed by atoms with Crippen LogP contribution < -0.4 is 0 Å². The fourth-order valence-electron chi connectivity index (χ4n) is 1.69. The summed E-state index contributed by atoms with van der Waals surface area (Å²) < 4.78 is 11.9. The molecule has 0 radical (unpaired) electrons. The average molecular weight is 277 g/mol. The number of methoxy groups -OCH3 is 1. The van der Waals surface area contributed by atoms with E-state index >= 15 is 0 Å². The predicted molar refractivity (Wildman–Crippen MR) is 70.0 cm³/mol. The number of aryl methyl sites for hydroxylation is 2. The largest absolute Gasteiger partial charge is 0.390 e. The van der Waals surface area contributed by atoms with Crippen LogP contribution in [0.25, 0.3) is 0 Å². The maximum absolute atomic E-state index is 9.87. The summed E-state index contributed by atoms with van der Waals surface area (Å²) in [6.07, 6.45) is 0.641. The van der Waals surface area contributed by atoms with Gasteiger partial charge >= 0.3 is 0 Å². The van der Waals surface area contributed by atoms with Gasteiger partial charge in [-0.25, -0.2) is 0 Å². The highest BCUT2D eigenvalue weighted by atomic mass is 35.5. The molecule has 0 aromatic carbocycles. The molecule has 0 bridgehead atoms. The molecule has 1 heterocycles. The first kappa shape index (κ1) is 15.4. The third-order valence-corrected chi connectivity index (χ3v) is 3.11. The molecule has 0 spiro atoms. The van der Waals surface area contributed by atoms with E-state index in [1.54, 1.807) is 11.8 Å². The summed E-state index contributed by atoms with van der Waals surface area (Å²) in [6.45, 7) is 3.28. The van der Waals surface area contributed by atoms with Gasteiger partial charge in [0.2, 0.25) is 0 Å². The van der Waals surface area contributed by atoms with Crippen molar-refractivity contribution in [1.29, 1.82) is 0 Å². The van der Waals surface area contributed by atoms with E-state index in [2.05, 4.69) is 5.10 Å². The highest BCUT2D eigenvalue weighted by Gasteiger charge is 2.16. The van der Waals surface area contributed by atoms with Crippen molar-refractivity contribution in [3.8, 4) is 0 Å². The van der Waals surface area contributed by atoms with Crippen LogP contribution in [-0.4, -0.2) is 47.9 Å². The molecular formula is C12H21ClN2O3. The Labute approximate surface area is 113 Å². The molecule has 1 aromatic heterocycles. The van der Waals surface area contributed by atoms with Crippen molar-refractivity contribution >= 4 is 11.6 Å². The second-order valence-electron chi connectivity index (χ2n) is 4.11. The van der Waals surface area contributed by atoms with Crippen LogP contribution in [0, 0.1) is 0 Å². The highest BCUT2D eigenvalue weighted by Crippen LogP contribution is 2.22. The van der Waals surface area contributed by atoms with Gasteiger partial charge in [0.1, 0.15) is 0 Å². The van der Waals surface area contributed by atoms with E-state index in [0.717, 1.165) is 17.8 Å². The average Bonchev–Trinajstić information content (AvgIpc) is 2.62. The van der Waals surface area contributed by atoms with Gasteiger partial charge < -0.3 is 14.6 Å². The first-order valence-electron chi connectivity index (χ1n) is 6.05. The van der Waals surface area contributed by atoms with Crippen LogP contribution in [0.4, 0.5) is 0 Å². The lowest BCUT2D eigenvalue weighted by Gasteiger charge is -2.11. The molecule has 1 N–H and O–H groups in total. The number of hydrogen-bond acceptors (Lipinski definition) is 4. The summed E-state index contributed by atoms with van der Waals surface area (Å²) in [5.41, 5.74) is 1.71. The van der Waals surface area contributed by atoms with Gasteiger partial charge in [-0.05, 0) is 6.42 Å². The Hall–Kier alpha value is -0.620. The van der Waals surface area contributed by atoms with Crippen LogP contribution >= 0.6 is 11.6 Å². The smallest absolute Gasteiger partial charge is 0.0850 e. The van der Waals surface area contributed by atoms with Crippen LogP contribution in [0.3, 0.4) is 0 Å². The Morgan fingerprint density at radius 1 is 1.44 bits per heavy atom. The zero-order valence-corrected chi connectivity index (χ0v) is 11.9. The molecule has 0 aliphatic carbocycles. The highest BCUT2D eigenvalue weighted by molar-refractivity contribution is 6.31. The second kappa shape index (κ2) is 7.74. The summed E-state index contributed by atoms with van der Waals surface area (Å²) in [5, 5.41) is 14.8. The standard InChI is InChI=1S/C12H21ClN2O3/c1-4-10-12(13)11(15(2)14-10)7-9(16)8-18-6-5-17-3/h9,16H,4-8H2,1-3H3. The molecule has 1 atom stereocenters. The molecule has 18 heavy (non-hydrogen) atoms. The summed E-state index contributed by atoms with van der Waals surface area (Å²) in [6, 6.07) is 0. The quantitative estimate of drug-likeness (QED) is 0.725. The minimum absolute atomic E-state index is 0.270. The number of rotatable bonds is 8. The summed E-state index contributed by atoms with van der Waals surface area (Å²) in [5.74, 6) is 0. The third kappa shape index (κ3) is 4.24. The third-order valence-electron chi connectivity index (χ3n) is 2.67. The summed E-state index contributed by atoms with van der Waals surface area (Å²) in [7, 11) is 3.44. The van der Waals surface area contributed by atoms with Gasteiger partial charge in [-0.1, -0.05) is 18.5 Å². The molecule has 0 saturated heterocycles. The Bertz CT molecular complexity index is 368. The number of ether oxygens (including phenoxy) is 2. The van der Waals surface area contributed by atoms with E-state index in [1.807, 2.05) is 14.0 Å². The number of aliphatic hydroxyl groups excluding tert-OH is 1. The molecule has 1 unspecified atom stereocenters. The molecule has 0 saturated carbocycles. The number of halogens is 1. The SMILES string of the molecule is CCc1nn(C)c(CC(O)COCCOC)c1Cl. The van der Waals surface area contributed by atoms with Crippen LogP contribution in [0.1, 0.15) is 18.3 Å². The minimum Gasteiger partial charge on any atom is -0.390 e. The van der Waals surface area contributed by atoms with Crippen molar-refractivity contribution in [2.45, 2.75) is 25.9 Å². The van der Waals surface area contributed by atoms with Gasteiger partial charge in [0.05, 0.1) is 42.3 Å². The van der Waals surface area contributed by atoms with Crippen LogP contribution in [0.2, 0.25) is 5.02 Å². The Kier molecular flexibility index (Phi) is 6.63. The molecule has 6 heteroatoms. The van der Waals surface area contributed by atoms with Crippen LogP contribution in [0.5, 0.6) is 0 Å². The fraction of sp³-hybridized carbons (Fsp3) is 0.750. The monoisotopic (exact) mass is 276 g/mol. The van der Waals surface area contributed by atoms with E-state index in [1.165, 1.54) is 0 Å². The fourth-order valence-corrected chi connectivity index (χ4v) is 2.06. The van der Waals surface area contributed by atoms with Gasteiger partial charge in [-0.3, -0.25) is 4.68 Å². The number of aromatic nitrogens is 2.